The molecule has 1 aromatic rings. The van der Waals surface area contributed by atoms with Crippen LogP contribution in [0.5, 0.6) is 0 Å². The van der Waals surface area contributed by atoms with Gasteiger partial charge in [-0.05, 0) is 17.6 Å². The average molecular weight is 221 g/mol. The van der Waals surface area contributed by atoms with Crippen molar-refractivity contribution in [2.24, 2.45) is 27.2 Å². The second kappa shape index (κ2) is 5.15. The number of nitrogens with two attached hydrogens (primary N) is 3. The van der Waals surface area contributed by atoms with E-state index >= 15 is 0 Å². The molecule has 0 fully saturated rings. The van der Waals surface area contributed by atoms with Crippen molar-refractivity contribution in [1.29, 1.82) is 0 Å². The normalized spacial score (nSPS) is 11.0. The average Bonchev–Trinajstić information content (AvgIpc) is 2.16. The van der Waals surface area contributed by atoms with Gasteiger partial charge in [0.05, 0.1) is 5.69 Å². The molecule has 0 aliphatic carbocycles. The molecule has 0 spiro atoms. The molecule has 0 bridgehead atoms. The summed E-state index contributed by atoms with van der Waals surface area (Å²) < 4.78 is 0. The Hall–Kier alpha value is -2.06. The van der Waals surface area contributed by atoms with Crippen LogP contribution in [-0.2, 0) is 0 Å². The lowest BCUT2D eigenvalue weighted by atomic mass is 9.80. The van der Waals surface area contributed by atoms with Crippen molar-refractivity contribution in [3.8, 4) is 0 Å². The summed E-state index contributed by atoms with van der Waals surface area (Å²) in [5, 5.41) is 17.9. The summed E-state index contributed by atoms with van der Waals surface area (Å²) in [7, 11) is -1.56. The maximum absolute atomic E-state index is 8.94. The zero-order valence-electron chi connectivity index (χ0n) is 8.41. The summed E-state index contributed by atoms with van der Waals surface area (Å²) in [5.74, 6) is -0.302. The van der Waals surface area contributed by atoms with E-state index in [1.54, 1.807) is 18.2 Å². The van der Waals surface area contributed by atoms with Crippen molar-refractivity contribution in [1.82, 2.24) is 0 Å². The summed E-state index contributed by atoms with van der Waals surface area (Å²) in [6, 6.07) is 6.23. The third kappa shape index (κ3) is 3.60. The van der Waals surface area contributed by atoms with Crippen LogP contribution in [0, 0.1) is 0 Å². The highest BCUT2D eigenvalue weighted by atomic mass is 16.4. The van der Waals surface area contributed by atoms with E-state index in [1.165, 1.54) is 6.07 Å². The van der Waals surface area contributed by atoms with Gasteiger partial charge < -0.3 is 27.2 Å². The highest BCUT2D eigenvalue weighted by Gasteiger charge is 2.10. The van der Waals surface area contributed by atoms with Gasteiger partial charge in [0, 0.05) is 0 Å². The van der Waals surface area contributed by atoms with Crippen molar-refractivity contribution in [3.63, 3.8) is 0 Å². The van der Waals surface area contributed by atoms with E-state index in [9.17, 15) is 0 Å². The Morgan fingerprint density at radius 3 is 2.44 bits per heavy atom. The molecule has 8 heteroatoms. The molecule has 0 atom stereocenters. The molecule has 1 aromatic carbocycles. The minimum absolute atomic E-state index is 0.107. The Kier molecular flexibility index (Phi) is 3.86. The van der Waals surface area contributed by atoms with Crippen LogP contribution in [0.4, 0.5) is 5.69 Å². The molecule has 0 saturated carbocycles. The molecule has 0 aliphatic heterocycles. The molecule has 0 amide bonds. The van der Waals surface area contributed by atoms with Crippen molar-refractivity contribution in [2.45, 2.75) is 0 Å². The smallest absolute Gasteiger partial charge is 0.423 e. The van der Waals surface area contributed by atoms with Crippen molar-refractivity contribution >= 4 is 30.2 Å². The van der Waals surface area contributed by atoms with Gasteiger partial charge >= 0.3 is 7.12 Å². The van der Waals surface area contributed by atoms with Gasteiger partial charge in [-0.2, -0.15) is 4.99 Å². The Morgan fingerprint density at radius 1 is 1.19 bits per heavy atom. The predicted molar refractivity (Wildman–Crippen MR) is 63.4 cm³/mol. The molecule has 16 heavy (non-hydrogen) atoms. The fourth-order valence-electron chi connectivity index (χ4n) is 1.04. The van der Waals surface area contributed by atoms with Crippen molar-refractivity contribution < 1.29 is 10.0 Å². The molecule has 7 nitrogen and oxygen atoms in total. The maximum atomic E-state index is 8.94. The zero-order valence-corrected chi connectivity index (χ0v) is 8.41. The molecule has 1 rings (SSSR count). The van der Waals surface area contributed by atoms with Crippen LogP contribution < -0.4 is 22.7 Å². The molecule has 0 unspecified atom stereocenters. The molecule has 0 saturated heterocycles. The standard InChI is InChI=1S/C8H12BN5O2/c10-7(11)14-8(12)13-6-3-1-2-5(4-6)9(15)16/h1-4,15-16H,(H6,10,11,12,13,14). The molecular weight excluding hydrogens is 209 g/mol. The summed E-state index contributed by atoms with van der Waals surface area (Å²) in [6.07, 6.45) is 0. The Morgan fingerprint density at radius 2 is 1.88 bits per heavy atom. The van der Waals surface area contributed by atoms with Crippen molar-refractivity contribution in [2.75, 3.05) is 0 Å². The fraction of sp³-hybridized carbons (Fsp3) is 0. The first-order valence-corrected chi connectivity index (χ1v) is 4.39. The maximum Gasteiger partial charge on any atom is 0.488 e. The van der Waals surface area contributed by atoms with E-state index in [-0.39, 0.29) is 11.9 Å². The largest absolute Gasteiger partial charge is 0.488 e. The van der Waals surface area contributed by atoms with E-state index in [2.05, 4.69) is 9.98 Å². The number of guanidine groups is 2. The van der Waals surface area contributed by atoms with Gasteiger partial charge in [0.15, 0.2) is 5.96 Å². The van der Waals surface area contributed by atoms with Gasteiger partial charge in [-0.15, -0.1) is 0 Å². The lowest BCUT2D eigenvalue weighted by Crippen LogP contribution is -2.29. The fourth-order valence-corrected chi connectivity index (χ4v) is 1.04. The first-order valence-electron chi connectivity index (χ1n) is 4.39. The number of hydrogen-bond acceptors (Lipinski definition) is 3. The van der Waals surface area contributed by atoms with Crippen LogP contribution in [0.15, 0.2) is 34.3 Å². The molecule has 0 radical (unpaired) electrons. The summed E-state index contributed by atoms with van der Waals surface area (Å²) in [6.45, 7) is 0. The predicted octanol–water partition coefficient (Wildman–Crippen LogP) is -2.41. The summed E-state index contributed by atoms with van der Waals surface area (Å²) in [5.41, 5.74) is 16.4. The lowest BCUT2D eigenvalue weighted by Gasteiger charge is -2.00. The molecule has 84 valence electrons. The van der Waals surface area contributed by atoms with E-state index in [1.807, 2.05) is 0 Å². The molecule has 0 aromatic heterocycles. The van der Waals surface area contributed by atoms with Gasteiger partial charge in [0.1, 0.15) is 0 Å². The molecular formula is C8H12BN5O2. The van der Waals surface area contributed by atoms with E-state index in [0.29, 0.717) is 11.2 Å². The second-order valence-corrected chi connectivity index (χ2v) is 2.98. The lowest BCUT2D eigenvalue weighted by molar-refractivity contribution is 0.426. The van der Waals surface area contributed by atoms with Gasteiger partial charge in [-0.1, -0.05) is 12.1 Å². The number of rotatable bonds is 2. The third-order valence-corrected chi connectivity index (χ3v) is 1.66. The van der Waals surface area contributed by atoms with Crippen LogP contribution >= 0.6 is 0 Å². The van der Waals surface area contributed by atoms with E-state index < -0.39 is 7.12 Å². The number of nitrogens with zero attached hydrogens (tertiary/aromatic N) is 2. The summed E-state index contributed by atoms with van der Waals surface area (Å²) >= 11 is 0. The SMILES string of the molecule is NC(N)=NC(N)=Nc1cccc(B(O)O)c1. The first kappa shape index (κ1) is 12.0. The number of benzene rings is 1. The molecule has 8 N–H and O–H groups in total. The molecule has 0 aliphatic rings. The van der Waals surface area contributed by atoms with Gasteiger partial charge in [-0.3, -0.25) is 0 Å². The van der Waals surface area contributed by atoms with Crippen LogP contribution in [0.25, 0.3) is 0 Å². The monoisotopic (exact) mass is 221 g/mol. The van der Waals surface area contributed by atoms with Gasteiger partial charge in [-0.25, -0.2) is 4.99 Å². The minimum Gasteiger partial charge on any atom is -0.423 e. The van der Waals surface area contributed by atoms with E-state index in [4.69, 9.17) is 27.2 Å². The highest BCUT2D eigenvalue weighted by Crippen LogP contribution is 2.08. The quantitative estimate of drug-likeness (QED) is 0.214. The van der Waals surface area contributed by atoms with Crippen LogP contribution in [0.3, 0.4) is 0 Å². The van der Waals surface area contributed by atoms with Crippen LogP contribution in [0.2, 0.25) is 0 Å². The van der Waals surface area contributed by atoms with Crippen LogP contribution in [-0.4, -0.2) is 29.1 Å². The Bertz CT molecular complexity index is 428. The minimum atomic E-state index is -1.56. The zero-order chi connectivity index (χ0) is 12.1. The van der Waals surface area contributed by atoms with E-state index in [0.717, 1.165) is 0 Å². The Labute approximate surface area is 92.5 Å². The van der Waals surface area contributed by atoms with Crippen molar-refractivity contribution in [3.05, 3.63) is 24.3 Å². The topological polar surface area (TPSA) is 143 Å². The Balaban J connectivity index is 2.97. The summed E-state index contributed by atoms with van der Waals surface area (Å²) in [4.78, 5) is 7.39. The second-order valence-electron chi connectivity index (χ2n) is 2.98. The highest BCUT2D eigenvalue weighted by molar-refractivity contribution is 6.58. The number of hydrogen-bond donors (Lipinski definition) is 5. The van der Waals surface area contributed by atoms with Gasteiger partial charge in [0.2, 0.25) is 5.96 Å². The van der Waals surface area contributed by atoms with Crippen LogP contribution in [0.1, 0.15) is 0 Å². The van der Waals surface area contributed by atoms with Gasteiger partial charge in [0.25, 0.3) is 0 Å². The third-order valence-electron chi connectivity index (χ3n) is 1.66. The molecule has 0 heterocycles. The number of aliphatic imine (C=N–C) groups is 2. The first-order chi connectivity index (χ1) is 7.49.